The molecule has 0 aliphatic heterocycles. The van der Waals surface area contributed by atoms with E-state index in [2.05, 4.69) is 6.58 Å². The number of ketones is 1. The average molecular weight is 226 g/mol. The zero-order chi connectivity index (χ0) is 11.1. The number of hydrogen-bond donors (Lipinski definition) is 0. The highest BCUT2D eigenvalue weighted by molar-refractivity contribution is 6.28. The van der Waals surface area contributed by atoms with Gasteiger partial charge in [0.2, 0.25) is 0 Å². The fourth-order valence-corrected chi connectivity index (χ4v) is 0.866. The van der Waals surface area contributed by atoms with E-state index in [1.54, 1.807) is 0 Å². The molecule has 3 nitrogen and oxygen atoms in total. The molecule has 0 bridgehead atoms. The van der Waals surface area contributed by atoms with Gasteiger partial charge in [-0.05, 0) is 0 Å². The van der Waals surface area contributed by atoms with E-state index in [1.165, 1.54) is 6.08 Å². The van der Waals surface area contributed by atoms with E-state index < -0.39 is 24.7 Å². The van der Waals surface area contributed by atoms with Gasteiger partial charge in [-0.25, -0.2) is 0 Å². The Morgan fingerprint density at radius 1 is 1.50 bits per heavy atom. The molecule has 6 heteroatoms. The van der Waals surface area contributed by atoms with Crippen molar-refractivity contribution in [3.8, 4) is 0 Å². The second-order valence-electron chi connectivity index (χ2n) is 2.48. The minimum atomic E-state index is -3.11. The van der Waals surface area contributed by atoms with Crippen molar-refractivity contribution in [1.82, 2.24) is 4.90 Å². The zero-order valence-electron chi connectivity index (χ0n) is 7.38. The zero-order valence-corrected chi connectivity index (χ0v) is 8.14. The van der Waals surface area contributed by atoms with Crippen LogP contribution in [0.3, 0.4) is 0 Å². The summed E-state index contributed by atoms with van der Waals surface area (Å²) in [7, 11) is 0. The van der Waals surface area contributed by atoms with Gasteiger partial charge >= 0.3 is 6.43 Å². The van der Waals surface area contributed by atoms with Crippen LogP contribution in [0, 0.1) is 0 Å². The minimum absolute atomic E-state index is 0.0915. The Hall–Kier alpha value is -0.970. The Labute approximate surface area is 85.3 Å². The van der Waals surface area contributed by atoms with E-state index in [-0.39, 0.29) is 12.4 Å². The second kappa shape index (κ2) is 6.48. The monoisotopic (exact) mass is 225 g/mol. The van der Waals surface area contributed by atoms with Crippen molar-refractivity contribution in [2.45, 2.75) is 6.43 Å². The Morgan fingerprint density at radius 2 is 2.07 bits per heavy atom. The van der Waals surface area contributed by atoms with Gasteiger partial charge in [0.25, 0.3) is 5.91 Å². The lowest BCUT2D eigenvalue weighted by Gasteiger charge is -2.18. The maximum absolute atomic E-state index is 12.0. The molecule has 0 N–H and O–H groups in total. The molecule has 0 aromatic heterocycles. The van der Waals surface area contributed by atoms with Crippen LogP contribution in [0.25, 0.3) is 0 Å². The van der Waals surface area contributed by atoms with Gasteiger partial charge in [0, 0.05) is 6.54 Å². The van der Waals surface area contributed by atoms with E-state index in [1.807, 2.05) is 0 Å². The van der Waals surface area contributed by atoms with Gasteiger partial charge in [0.1, 0.15) is 0 Å². The number of alkyl halides is 3. The smallest absolute Gasteiger partial charge is 0.315 e. The van der Waals surface area contributed by atoms with E-state index in [4.69, 9.17) is 11.6 Å². The van der Waals surface area contributed by atoms with Crippen molar-refractivity contribution >= 4 is 23.3 Å². The third-order valence-corrected chi connectivity index (χ3v) is 1.66. The molecule has 0 heterocycles. The van der Waals surface area contributed by atoms with E-state index in [0.29, 0.717) is 4.90 Å². The molecule has 0 aliphatic rings. The van der Waals surface area contributed by atoms with Crippen LogP contribution < -0.4 is 0 Å². The van der Waals surface area contributed by atoms with Crippen LogP contribution in [0.5, 0.6) is 0 Å². The highest BCUT2D eigenvalue weighted by Crippen LogP contribution is 2.01. The Kier molecular flexibility index (Phi) is 6.03. The predicted octanol–water partition coefficient (Wildman–Crippen LogP) is 1.07. The topological polar surface area (TPSA) is 37.4 Å². The summed E-state index contributed by atoms with van der Waals surface area (Å²) in [6.45, 7) is 2.80. The van der Waals surface area contributed by atoms with Crippen LogP contribution in [-0.4, -0.2) is 42.0 Å². The first-order valence-electron chi connectivity index (χ1n) is 3.78. The molecule has 1 amide bonds. The summed E-state index contributed by atoms with van der Waals surface area (Å²) in [4.78, 5) is 22.3. The highest BCUT2D eigenvalue weighted by Gasteiger charge is 2.23. The second-order valence-corrected chi connectivity index (χ2v) is 2.75. The molecule has 0 radical (unpaired) electrons. The summed E-state index contributed by atoms with van der Waals surface area (Å²) in [5.74, 6) is -2.17. The Bertz CT molecular complexity index is 233. The number of carbonyl (C=O) groups excluding carboxylic acids is 2. The van der Waals surface area contributed by atoms with E-state index in [0.717, 1.165) is 0 Å². The summed E-state index contributed by atoms with van der Waals surface area (Å²) >= 11 is 5.18. The Balaban J connectivity index is 4.35. The standard InChI is InChI=1S/C8H10ClF2NO2/c1-2-3-12(5-6(13)4-9)8(14)7(10)11/h2,7H,1,3-5H2. The first kappa shape index (κ1) is 13.0. The van der Waals surface area contributed by atoms with Gasteiger partial charge in [0.15, 0.2) is 5.78 Å². The minimum Gasteiger partial charge on any atom is -0.327 e. The van der Waals surface area contributed by atoms with Crippen LogP contribution in [0.2, 0.25) is 0 Å². The summed E-state index contributed by atoms with van der Waals surface area (Å²) in [5, 5.41) is 0. The molecule has 0 saturated heterocycles. The van der Waals surface area contributed by atoms with E-state index in [9.17, 15) is 18.4 Å². The largest absolute Gasteiger partial charge is 0.327 e. The van der Waals surface area contributed by atoms with Crippen LogP contribution in [-0.2, 0) is 9.59 Å². The summed E-state index contributed by atoms with van der Waals surface area (Å²) < 4.78 is 24.0. The van der Waals surface area contributed by atoms with Crippen molar-refractivity contribution < 1.29 is 18.4 Å². The predicted molar refractivity (Wildman–Crippen MR) is 48.5 cm³/mol. The molecule has 0 aromatic carbocycles. The quantitative estimate of drug-likeness (QED) is 0.501. The molecule has 0 fully saturated rings. The van der Waals surface area contributed by atoms with Crippen molar-refractivity contribution in [3.63, 3.8) is 0 Å². The maximum Gasteiger partial charge on any atom is 0.315 e. The van der Waals surface area contributed by atoms with Gasteiger partial charge in [-0.2, -0.15) is 8.78 Å². The maximum atomic E-state index is 12.0. The molecule has 80 valence electrons. The normalized spacial score (nSPS) is 10.0. The van der Waals surface area contributed by atoms with E-state index >= 15 is 0 Å². The molecular weight excluding hydrogens is 216 g/mol. The molecular formula is C8H10ClF2NO2. The van der Waals surface area contributed by atoms with Gasteiger partial charge in [-0.15, -0.1) is 18.2 Å². The van der Waals surface area contributed by atoms with Crippen LogP contribution in [0.4, 0.5) is 8.78 Å². The lowest BCUT2D eigenvalue weighted by atomic mass is 10.3. The highest BCUT2D eigenvalue weighted by atomic mass is 35.5. The summed E-state index contributed by atoms with van der Waals surface area (Å²) in [6.07, 6.45) is -1.85. The number of carbonyl (C=O) groups is 2. The Morgan fingerprint density at radius 3 is 2.43 bits per heavy atom. The third kappa shape index (κ3) is 4.32. The summed E-state index contributed by atoms with van der Waals surface area (Å²) in [5.41, 5.74) is 0. The van der Waals surface area contributed by atoms with Crippen molar-refractivity contribution in [3.05, 3.63) is 12.7 Å². The van der Waals surface area contributed by atoms with Crippen LogP contribution >= 0.6 is 11.6 Å². The number of nitrogens with zero attached hydrogens (tertiary/aromatic N) is 1. The van der Waals surface area contributed by atoms with Crippen molar-refractivity contribution in [2.75, 3.05) is 19.0 Å². The lowest BCUT2D eigenvalue weighted by Crippen LogP contribution is -2.39. The fourth-order valence-electron chi connectivity index (χ4n) is 0.781. The molecule has 0 spiro atoms. The van der Waals surface area contributed by atoms with Gasteiger partial charge < -0.3 is 4.90 Å². The van der Waals surface area contributed by atoms with Gasteiger partial charge in [0.05, 0.1) is 12.4 Å². The molecule has 14 heavy (non-hydrogen) atoms. The molecule has 0 aromatic rings. The van der Waals surface area contributed by atoms with Crippen LogP contribution in [0.1, 0.15) is 0 Å². The first-order chi connectivity index (χ1) is 6.52. The first-order valence-corrected chi connectivity index (χ1v) is 4.31. The van der Waals surface area contributed by atoms with Crippen molar-refractivity contribution in [1.29, 1.82) is 0 Å². The number of Topliss-reactive ketones (excluding diaryl/α,β-unsaturated/α-hetero) is 1. The third-order valence-electron chi connectivity index (χ3n) is 1.36. The lowest BCUT2D eigenvalue weighted by molar-refractivity contribution is -0.144. The molecule has 0 atom stereocenters. The molecule has 0 rings (SSSR count). The fraction of sp³-hybridized carbons (Fsp3) is 0.500. The molecule has 0 aliphatic carbocycles. The van der Waals surface area contributed by atoms with Crippen LogP contribution in [0.15, 0.2) is 12.7 Å². The average Bonchev–Trinajstić information content (AvgIpc) is 2.15. The number of amides is 1. The van der Waals surface area contributed by atoms with Gasteiger partial charge in [-0.3, -0.25) is 9.59 Å². The number of halogens is 3. The number of rotatable bonds is 6. The van der Waals surface area contributed by atoms with Gasteiger partial charge in [-0.1, -0.05) is 6.08 Å². The number of hydrogen-bond acceptors (Lipinski definition) is 2. The SMILES string of the molecule is C=CCN(CC(=O)CCl)C(=O)C(F)F. The molecule has 0 unspecified atom stereocenters. The summed E-state index contributed by atoms with van der Waals surface area (Å²) in [6, 6.07) is 0. The van der Waals surface area contributed by atoms with Crippen molar-refractivity contribution in [2.24, 2.45) is 0 Å². The molecule has 0 saturated carbocycles.